The first-order valence-corrected chi connectivity index (χ1v) is 9.22. The lowest BCUT2D eigenvalue weighted by atomic mass is 8.94. The van der Waals surface area contributed by atoms with Crippen molar-refractivity contribution in [1.82, 2.24) is 0 Å². The maximum atomic E-state index is 2.67. The lowest BCUT2D eigenvalue weighted by Gasteiger charge is -3.09. The van der Waals surface area contributed by atoms with Gasteiger partial charge in [-0.3, -0.25) is 0 Å². The van der Waals surface area contributed by atoms with Crippen LogP contribution in [-0.4, -0.2) is 0 Å². The van der Waals surface area contributed by atoms with Crippen LogP contribution in [0.1, 0.15) is 76.2 Å². The summed E-state index contributed by atoms with van der Waals surface area (Å²) in [6.45, 7) is 28.6. The average molecular weight is 289 g/mol. The van der Waals surface area contributed by atoms with E-state index in [0.717, 1.165) is 17.8 Å². The molecule has 4 aliphatic carbocycles. The molecule has 0 saturated heterocycles. The van der Waals surface area contributed by atoms with Crippen LogP contribution in [0.5, 0.6) is 0 Å². The van der Waals surface area contributed by atoms with Crippen molar-refractivity contribution in [3.63, 3.8) is 0 Å². The van der Waals surface area contributed by atoms with Crippen LogP contribution >= 0.6 is 0 Å². The summed E-state index contributed by atoms with van der Waals surface area (Å²) in [4.78, 5) is 0. The normalized spacial score (nSPS) is 76.4. The minimum absolute atomic E-state index is 0.471. The molecule has 0 nitrogen and oxygen atoms in total. The van der Waals surface area contributed by atoms with Gasteiger partial charge in [0.25, 0.3) is 0 Å². The van der Waals surface area contributed by atoms with E-state index >= 15 is 0 Å². The Bertz CT molecular complexity index is 575. The number of hydrogen-bond acceptors (Lipinski definition) is 0. The van der Waals surface area contributed by atoms with E-state index in [9.17, 15) is 0 Å². The van der Waals surface area contributed by atoms with Crippen LogP contribution in [0.25, 0.3) is 0 Å². The molecule has 9 atom stereocenters. The minimum atomic E-state index is 0.471. The van der Waals surface area contributed by atoms with Gasteiger partial charge in [-0.25, -0.2) is 0 Å². The third-order valence-electron chi connectivity index (χ3n) is 13.0. The zero-order valence-corrected chi connectivity index (χ0v) is 16.2. The van der Waals surface area contributed by atoms with Crippen molar-refractivity contribution in [2.75, 3.05) is 0 Å². The topological polar surface area (TPSA) is 0 Å². The summed E-state index contributed by atoms with van der Waals surface area (Å²) < 4.78 is 0. The Kier molecular flexibility index (Phi) is 1.93. The van der Waals surface area contributed by atoms with E-state index in [2.05, 4.69) is 76.2 Å². The van der Waals surface area contributed by atoms with Gasteiger partial charge in [0.1, 0.15) is 0 Å². The van der Waals surface area contributed by atoms with Crippen molar-refractivity contribution in [1.29, 1.82) is 0 Å². The van der Waals surface area contributed by atoms with Crippen LogP contribution < -0.4 is 0 Å². The molecule has 0 aromatic carbocycles. The quantitative estimate of drug-likeness (QED) is 0.512. The largest absolute Gasteiger partial charge is 0.0617 e. The smallest absolute Gasteiger partial charge is 0.0134 e. The first kappa shape index (κ1) is 14.6. The molecule has 0 heteroatoms. The van der Waals surface area contributed by atoms with Gasteiger partial charge >= 0.3 is 0 Å². The molecule has 0 aliphatic heterocycles. The van der Waals surface area contributed by atoms with Gasteiger partial charge in [0, 0.05) is 0 Å². The summed E-state index contributed by atoms with van der Waals surface area (Å²) in [6, 6.07) is 0. The van der Waals surface area contributed by atoms with E-state index in [-0.39, 0.29) is 0 Å². The van der Waals surface area contributed by atoms with E-state index in [4.69, 9.17) is 0 Å². The molecule has 0 N–H and O–H groups in total. The van der Waals surface area contributed by atoms with Crippen molar-refractivity contribution in [2.24, 2.45) is 55.7 Å². The first-order chi connectivity index (χ1) is 9.22. The molecule has 9 unspecified atom stereocenters. The summed E-state index contributed by atoms with van der Waals surface area (Å²) in [6.07, 6.45) is 0. The Morgan fingerprint density at radius 2 is 0.857 bits per heavy atom. The van der Waals surface area contributed by atoms with E-state index in [0.29, 0.717) is 37.9 Å². The number of fused-ring (bicyclic) bond motifs is 7. The van der Waals surface area contributed by atoms with Gasteiger partial charge < -0.3 is 0 Å². The molecule has 4 aliphatic rings. The molecule has 0 amide bonds. The highest BCUT2D eigenvalue weighted by Gasteiger charge is 3.06. The Labute approximate surface area is 132 Å². The molecule has 0 heterocycles. The van der Waals surface area contributed by atoms with E-state index in [1.54, 1.807) is 0 Å². The fraction of sp³-hybridized carbons (Fsp3) is 1.00. The van der Waals surface area contributed by atoms with Crippen molar-refractivity contribution in [2.45, 2.75) is 76.2 Å². The highest BCUT2D eigenvalue weighted by atomic mass is 15.1. The monoisotopic (exact) mass is 288 g/mol. The van der Waals surface area contributed by atoms with E-state index in [1.165, 1.54) is 0 Å². The van der Waals surface area contributed by atoms with Gasteiger partial charge in [0.05, 0.1) is 0 Å². The number of rotatable bonds is 0. The highest BCUT2D eigenvalue weighted by Crippen LogP contribution is 3.10. The lowest BCUT2D eigenvalue weighted by Crippen LogP contribution is -3.06. The van der Waals surface area contributed by atoms with E-state index < -0.39 is 0 Å². The predicted octanol–water partition coefficient (Wildman–Crippen LogP) is 6.01. The molecule has 4 rings (SSSR count). The third kappa shape index (κ3) is 0.648. The summed E-state index contributed by atoms with van der Waals surface area (Å²) in [5, 5.41) is 0. The summed E-state index contributed by atoms with van der Waals surface area (Å²) in [7, 11) is 0. The first-order valence-electron chi connectivity index (χ1n) is 9.22. The summed E-state index contributed by atoms with van der Waals surface area (Å²) >= 11 is 0. The van der Waals surface area contributed by atoms with Crippen LogP contribution in [0.3, 0.4) is 0 Å². The molecule has 0 radical (unpaired) electrons. The second kappa shape index (κ2) is 2.78. The van der Waals surface area contributed by atoms with Gasteiger partial charge in [0.2, 0.25) is 0 Å². The molecular formula is C21H36. The van der Waals surface area contributed by atoms with Gasteiger partial charge in [-0.15, -0.1) is 0 Å². The molecule has 0 aromatic heterocycles. The second-order valence-corrected chi connectivity index (χ2v) is 11.0. The average Bonchev–Trinajstić information content (AvgIpc) is 2.46. The molecule has 4 fully saturated rings. The molecule has 21 heavy (non-hydrogen) atoms. The predicted molar refractivity (Wildman–Crippen MR) is 89.9 cm³/mol. The van der Waals surface area contributed by atoms with Crippen molar-refractivity contribution in [3.05, 3.63) is 0 Å². The Balaban J connectivity index is 1.99. The summed E-state index contributed by atoms with van der Waals surface area (Å²) in [5.41, 5.74) is 3.55. The number of hydrogen-bond donors (Lipinski definition) is 0. The Hall–Kier alpha value is 0. The van der Waals surface area contributed by atoms with Crippen LogP contribution in [0.15, 0.2) is 0 Å². The molecule has 4 saturated carbocycles. The van der Waals surface area contributed by atoms with Crippen molar-refractivity contribution >= 4 is 0 Å². The fourth-order valence-corrected chi connectivity index (χ4v) is 11.1. The van der Waals surface area contributed by atoms with Crippen LogP contribution in [0.2, 0.25) is 0 Å². The second-order valence-electron chi connectivity index (χ2n) is 11.0. The van der Waals surface area contributed by atoms with Gasteiger partial charge in [-0.05, 0) is 55.7 Å². The van der Waals surface area contributed by atoms with Gasteiger partial charge in [-0.2, -0.15) is 0 Å². The standard InChI is InChI=1S/C21H36/c1-12-13(2)17(7)16(12,6)20(10)18(8)14(3)15(4,5)19(18,9)21(17,20)11/h12-14H,1-11H3. The summed E-state index contributed by atoms with van der Waals surface area (Å²) in [5.74, 6) is 2.57. The van der Waals surface area contributed by atoms with Crippen LogP contribution in [-0.2, 0) is 0 Å². The Morgan fingerprint density at radius 3 is 1.29 bits per heavy atom. The zero-order chi connectivity index (χ0) is 16.2. The Morgan fingerprint density at radius 1 is 0.476 bits per heavy atom. The third-order valence-corrected chi connectivity index (χ3v) is 13.0. The molecular weight excluding hydrogens is 252 g/mol. The van der Waals surface area contributed by atoms with Gasteiger partial charge in [0.15, 0.2) is 0 Å². The molecule has 120 valence electrons. The highest BCUT2D eigenvalue weighted by molar-refractivity contribution is 5.53. The maximum Gasteiger partial charge on any atom is -0.0134 e. The minimum Gasteiger partial charge on any atom is -0.0617 e. The van der Waals surface area contributed by atoms with Crippen molar-refractivity contribution < 1.29 is 0 Å². The molecule has 0 bridgehead atoms. The SMILES string of the molecule is CC1C(C)C2(C)C1(C)C1(C)C3(C)C(C)C(C)(C)C3(C)C21C. The molecule has 0 aromatic rings. The van der Waals surface area contributed by atoms with Crippen LogP contribution in [0, 0.1) is 55.7 Å². The maximum absolute atomic E-state index is 2.67. The van der Waals surface area contributed by atoms with E-state index in [1.807, 2.05) is 0 Å². The van der Waals surface area contributed by atoms with Crippen LogP contribution in [0.4, 0.5) is 0 Å². The van der Waals surface area contributed by atoms with Gasteiger partial charge in [-0.1, -0.05) is 76.2 Å². The van der Waals surface area contributed by atoms with Crippen molar-refractivity contribution in [3.8, 4) is 0 Å². The lowest BCUT2D eigenvalue weighted by molar-refractivity contribution is -0.631. The molecule has 0 spiro atoms. The fourth-order valence-electron chi connectivity index (χ4n) is 11.1. The zero-order valence-electron chi connectivity index (χ0n) is 16.2.